The normalized spacial score (nSPS) is 29.7. The summed E-state index contributed by atoms with van der Waals surface area (Å²) in [4.78, 5) is 0. The molecule has 3 rings (SSSR count). The van der Waals surface area contributed by atoms with Crippen molar-refractivity contribution in [3.05, 3.63) is 41.4 Å². The van der Waals surface area contributed by atoms with E-state index < -0.39 is 25.3 Å². The Kier molecular flexibility index (Phi) is 12.5. The molecule has 3 nitrogen and oxygen atoms in total. The van der Waals surface area contributed by atoms with Crippen molar-refractivity contribution in [2.45, 2.75) is 66.1 Å². The van der Waals surface area contributed by atoms with Crippen molar-refractivity contribution in [3.63, 3.8) is 0 Å². The van der Waals surface area contributed by atoms with E-state index in [0.29, 0.717) is 18.5 Å². The Morgan fingerprint density at radius 3 is 2.17 bits per heavy atom. The first kappa shape index (κ1) is 28.9. The molecule has 0 N–H and O–H groups in total. The van der Waals surface area contributed by atoms with Gasteiger partial charge in [0.05, 0.1) is 0 Å². The van der Waals surface area contributed by atoms with Crippen LogP contribution in [0.1, 0.15) is 47.5 Å². The summed E-state index contributed by atoms with van der Waals surface area (Å²) in [5.41, 5.74) is 4.12. The molecule has 4 unspecified atom stereocenters. The quantitative estimate of drug-likeness (QED) is 0.273. The summed E-state index contributed by atoms with van der Waals surface area (Å²) in [6.45, 7) is 19.6. The Bertz CT molecular complexity index is 589. The van der Waals surface area contributed by atoms with Gasteiger partial charge in [-0.2, -0.15) is 0 Å². The van der Waals surface area contributed by atoms with E-state index in [9.17, 15) is 0 Å². The van der Waals surface area contributed by atoms with Crippen LogP contribution in [0.4, 0.5) is 0 Å². The number of nitrogens with zero attached hydrogens (tertiary/aromatic N) is 3. The number of rotatable bonds is 5. The van der Waals surface area contributed by atoms with Crippen LogP contribution in [0.2, 0.25) is 18.6 Å². The third kappa shape index (κ3) is 6.47. The third-order valence-electron chi connectivity index (χ3n) is 7.32. The van der Waals surface area contributed by atoms with Gasteiger partial charge >= 0.3 is 35.6 Å². The molecular formula is C23H42Cl2N3SiTi+. The molecule has 2 fully saturated rings. The van der Waals surface area contributed by atoms with Gasteiger partial charge in [0, 0.05) is 0 Å². The zero-order valence-electron chi connectivity index (χ0n) is 20.3. The van der Waals surface area contributed by atoms with Crippen molar-refractivity contribution >= 4 is 26.8 Å². The van der Waals surface area contributed by atoms with E-state index in [1.807, 2.05) is 0 Å². The maximum atomic E-state index is 4.89. The standard InChI is InChI=1S/C22H39N3Si.CH3.2ClH.Ti/c1-8-17-9-20-19(16(4)5)10-18(15(2)3)11-21(20)22(17)26(6,7)25-13-23-12-24-14-25;;;;/h10-11,15-17,20-22H,8-9,12-14H2,1-7H3;1H3;2*1H;/q-2;-1;;;+6/p-2. The fourth-order valence-electron chi connectivity index (χ4n) is 5.79. The number of hydrogen-bond acceptors (Lipinski definition) is 1. The maximum absolute atomic E-state index is 4.89. The van der Waals surface area contributed by atoms with E-state index >= 15 is 0 Å². The fraction of sp³-hybridized carbons (Fsp3) is 0.783. The summed E-state index contributed by atoms with van der Waals surface area (Å²) in [5, 5.41) is 9.21. The molecule has 0 bridgehead atoms. The molecule has 1 heterocycles. The van der Waals surface area contributed by atoms with Gasteiger partial charge in [-0.25, -0.2) is 0 Å². The third-order valence-corrected chi connectivity index (χ3v) is 11.7. The van der Waals surface area contributed by atoms with E-state index in [-0.39, 0.29) is 7.43 Å². The van der Waals surface area contributed by atoms with E-state index in [4.69, 9.17) is 18.6 Å². The second kappa shape index (κ2) is 12.9. The van der Waals surface area contributed by atoms with Crippen LogP contribution in [0.15, 0.2) is 23.3 Å². The monoisotopic (exact) mass is 506 g/mol. The summed E-state index contributed by atoms with van der Waals surface area (Å²) in [6, 6.07) is 0. The minimum atomic E-state index is -1.62. The van der Waals surface area contributed by atoms with Crippen molar-refractivity contribution in [2.24, 2.45) is 29.6 Å². The van der Waals surface area contributed by atoms with Gasteiger partial charge < -0.3 is 22.6 Å². The number of fused-ring (bicyclic) bond motifs is 1. The van der Waals surface area contributed by atoms with Crippen molar-refractivity contribution in [2.75, 3.05) is 20.0 Å². The first-order valence-corrected chi connectivity index (χ1v) is 18.4. The molecule has 4 atom stereocenters. The molecule has 0 aromatic carbocycles. The molecule has 170 valence electrons. The molecule has 0 amide bonds. The van der Waals surface area contributed by atoms with Crippen LogP contribution < -0.4 is 0 Å². The predicted molar refractivity (Wildman–Crippen MR) is 134 cm³/mol. The van der Waals surface area contributed by atoms with Crippen LogP contribution in [0.25, 0.3) is 10.6 Å². The predicted octanol–water partition coefficient (Wildman–Crippen LogP) is 8.16. The molecule has 0 radical (unpaired) electrons. The van der Waals surface area contributed by atoms with Gasteiger partial charge in [-0.3, -0.25) is 6.67 Å². The summed E-state index contributed by atoms with van der Waals surface area (Å²) in [6.07, 6.45) is 7.95. The van der Waals surface area contributed by atoms with E-state index in [1.165, 1.54) is 12.8 Å². The summed E-state index contributed by atoms with van der Waals surface area (Å²) >= 11 is -0.556. The van der Waals surface area contributed by atoms with Crippen LogP contribution >= 0.6 is 18.6 Å². The molecule has 3 aliphatic rings. The van der Waals surface area contributed by atoms with E-state index in [2.05, 4.69) is 75.1 Å². The molecule has 1 saturated carbocycles. The molecule has 30 heavy (non-hydrogen) atoms. The Hall–Kier alpha value is 0.871. The molecule has 0 spiro atoms. The van der Waals surface area contributed by atoms with Crippen LogP contribution in [-0.2, 0) is 17.0 Å². The minimum absolute atomic E-state index is 0. The van der Waals surface area contributed by atoms with Gasteiger partial charge in [0.15, 0.2) is 0 Å². The zero-order chi connectivity index (χ0) is 21.8. The number of hydrogen-bond donors (Lipinski definition) is 0. The molecule has 7 heteroatoms. The average Bonchev–Trinajstić information content (AvgIpc) is 3.07. The van der Waals surface area contributed by atoms with E-state index in [0.717, 1.165) is 36.6 Å². The van der Waals surface area contributed by atoms with Gasteiger partial charge in [0.2, 0.25) is 0 Å². The summed E-state index contributed by atoms with van der Waals surface area (Å²) in [5.74, 6) is 3.61. The van der Waals surface area contributed by atoms with Gasteiger partial charge in [-0.15, -0.1) is 13.3 Å². The second-order valence-electron chi connectivity index (χ2n) is 9.87. The molecule has 2 aliphatic carbocycles. The molecule has 0 aromatic heterocycles. The van der Waals surface area contributed by atoms with Crippen LogP contribution in [0, 0.1) is 37.0 Å². The Morgan fingerprint density at radius 1 is 1.13 bits per heavy atom. The van der Waals surface area contributed by atoms with Gasteiger partial charge in [-0.1, -0.05) is 71.9 Å². The summed E-state index contributed by atoms with van der Waals surface area (Å²) in [7, 11) is 8.16. The Morgan fingerprint density at radius 2 is 1.70 bits per heavy atom. The number of halogens is 2. The second-order valence-corrected chi connectivity index (χ2v) is 17.1. The fourth-order valence-corrected chi connectivity index (χ4v) is 9.93. The first-order chi connectivity index (χ1) is 13.7. The number of allylic oxidation sites excluding steroid dienone is 4. The van der Waals surface area contributed by atoms with Crippen LogP contribution in [-0.4, -0.2) is 32.8 Å². The van der Waals surface area contributed by atoms with Gasteiger partial charge in [-0.05, 0) is 47.1 Å². The zero-order valence-corrected chi connectivity index (χ0v) is 24.3. The molecule has 1 saturated heterocycles. The van der Waals surface area contributed by atoms with Crippen LogP contribution in [0.3, 0.4) is 0 Å². The van der Waals surface area contributed by atoms with Gasteiger partial charge in [0.1, 0.15) is 8.24 Å². The summed E-state index contributed by atoms with van der Waals surface area (Å²) < 4.78 is 2.66. The van der Waals surface area contributed by atoms with Crippen molar-refractivity contribution in [3.8, 4) is 0 Å². The topological polar surface area (TPSA) is 31.4 Å². The van der Waals surface area contributed by atoms with Crippen LogP contribution in [0.5, 0.6) is 0 Å². The Labute approximate surface area is 204 Å². The van der Waals surface area contributed by atoms with Gasteiger partial charge in [0.25, 0.3) is 0 Å². The van der Waals surface area contributed by atoms with Crippen molar-refractivity contribution in [1.82, 2.24) is 4.57 Å². The Balaban J connectivity index is 0.00000106. The van der Waals surface area contributed by atoms with E-state index in [1.54, 1.807) is 11.1 Å². The van der Waals surface area contributed by atoms with Crippen molar-refractivity contribution in [1.29, 1.82) is 0 Å². The molecule has 1 aliphatic heterocycles. The first-order valence-electron chi connectivity index (χ1n) is 11.1. The van der Waals surface area contributed by atoms with Crippen molar-refractivity contribution < 1.29 is 17.0 Å². The SMILES string of the molecule is CCC1CC2C(C(C)C)=CC(C(C)C)=CC2C1[Si](C)(C)N1C[N-]C[N-]C1.[CH3-].[Cl][Ti+4][Cl]. The molecule has 0 aromatic rings. The molecular weight excluding hydrogens is 465 g/mol. The average molecular weight is 507 g/mol.